The van der Waals surface area contributed by atoms with E-state index in [1.165, 1.54) is 11.8 Å². The van der Waals surface area contributed by atoms with Crippen molar-refractivity contribution in [3.63, 3.8) is 0 Å². The Balaban J connectivity index is 2.75. The van der Waals surface area contributed by atoms with Crippen LogP contribution in [0, 0.1) is 0 Å². The van der Waals surface area contributed by atoms with Crippen molar-refractivity contribution in [3.05, 3.63) is 18.0 Å². The van der Waals surface area contributed by atoms with Crippen LogP contribution in [-0.2, 0) is 4.74 Å². The van der Waals surface area contributed by atoms with Crippen LogP contribution in [0.15, 0.2) is 12.4 Å². The summed E-state index contributed by atoms with van der Waals surface area (Å²) in [6, 6.07) is -0.121. The van der Waals surface area contributed by atoms with Crippen molar-refractivity contribution < 1.29 is 22.7 Å². The van der Waals surface area contributed by atoms with Gasteiger partial charge in [0.2, 0.25) is 0 Å². The van der Waals surface area contributed by atoms with Crippen LogP contribution in [0.3, 0.4) is 0 Å². The highest BCUT2D eigenvalue weighted by Crippen LogP contribution is 2.22. The highest BCUT2D eigenvalue weighted by Gasteiger charge is 2.40. The molecular weight excluding hydrogens is 237 g/mol. The van der Waals surface area contributed by atoms with Crippen molar-refractivity contribution in [2.24, 2.45) is 0 Å². The molecule has 1 atom stereocenters. The van der Waals surface area contributed by atoms with Crippen molar-refractivity contribution in [3.8, 4) is 0 Å². The smallest absolute Gasteiger partial charge is 0.385 e. The van der Waals surface area contributed by atoms with Gasteiger partial charge in [0.25, 0.3) is 5.78 Å². The first-order valence-electron chi connectivity index (χ1n) is 5.01. The fourth-order valence-electron chi connectivity index (χ4n) is 1.28. The average Bonchev–Trinajstić information content (AvgIpc) is 2.72. The first kappa shape index (κ1) is 13.7. The Labute approximate surface area is 96.4 Å². The van der Waals surface area contributed by atoms with Gasteiger partial charge in [-0.2, -0.15) is 18.3 Å². The number of halogens is 3. The number of methoxy groups -OCH3 is 1. The molecule has 1 aromatic rings. The molecule has 0 aromatic carbocycles. The second-order valence-electron chi connectivity index (χ2n) is 3.67. The number of nitrogens with zero attached hydrogens (tertiary/aromatic N) is 2. The number of ketones is 1. The van der Waals surface area contributed by atoms with E-state index in [0.29, 0.717) is 13.0 Å². The molecule has 0 saturated carbocycles. The third-order valence-corrected chi connectivity index (χ3v) is 2.31. The molecule has 96 valence electrons. The molecule has 1 heterocycles. The zero-order valence-electron chi connectivity index (χ0n) is 9.49. The third kappa shape index (κ3) is 3.55. The van der Waals surface area contributed by atoms with E-state index < -0.39 is 17.5 Å². The minimum atomic E-state index is -4.86. The van der Waals surface area contributed by atoms with Gasteiger partial charge in [0, 0.05) is 19.9 Å². The minimum Gasteiger partial charge on any atom is -0.385 e. The predicted octanol–water partition coefficient (Wildman–Crippen LogP) is 2.23. The number of alkyl halides is 3. The molecule has 1 aromatic heterocycles. The predicted molar refractivity (Wildman–Crippen MR) is 53.8 cm³/mol. The number of carbonyl (C=O) groups is 1. The van der Waals surface area contributed by atoms with Crippen LogP contribution in [0.25, 0.3) is 0 Å². The number of rotatable bonds is 5. The molecule has 1 unspecified atom stereocenters. The van der Waals surface area contributed by atoms with Crippen molar-refractivity contribution >= 4 is 5.78 Å². The molecule has 7 heteroatoms. The highest BCUT2D eigenvalue weighted by atomic mass is 19.4. The van der Waals surface area contributed by atoms with E-state index in [-0.39, 0.29) is 6.04 Å². The largest absolute Gasteiger partial charge is 0.454 e. The molecule has 0 saturated heterocycles. The van der Waals surface area contributed by atoms with Gasteiger partial charge in [-0.05, 0) is 13.3 Å². The summed E-state index contributed by atoms with van der Waals surface area (Å²) in [6.45, 7) is 2.26. The maximum absolute atomic E-state index is 12.1. The molecule has 0 amide bonds. The van der Waals surface area contributed by atoms with Crippen LogP contribution >= 0.6 is 0 Å². The maximum atomic E-state index is 12.1. The Morgan fingerprint density at radius 2 is 2.24 bits per heavy atom. The van der Waals surface area contributed by atoms with Crippen molar-refractivity contribution in [2.75, 3.05) is 13.7 Å². The van der Waals surface area contributed by atoms with Gasteiger partial charge in [-0.3, -0.25) is 9.48 Å². The van der Waals surface area contributed by atoms with Gasteiger partial charge in [0.15, 0.2) is 0 Å². The van der Waals surface area contributed by atoms with Crippen LogP contribution in [0.1, 0.15) is 29.7 Å². The monoisotopic (exact) mass is 250 g/mol. The Morgan fingerprint density at radius 3 is 2.76 bits per heavy atom. The van der Waals surface area contributed by atoms with Crippen molar-refractivity contribution in [1.29, 1.82) is 0 Å². The molecule has 0 aliphatic rings. The zero-order valence-corrected chi connectivity index (χ0v) is 9.49. The lowest BCUT2D eigenvalue weighted by Gasteiger charge is -2.10. The lowest BCUT2D eigenvalue weighted by molar-refractivity contribution is -0.0885. The molecule has 0 aliphatic heterocycles. The van der Waals surface area contributed by atoms with E-state index in [0.717, 1.165) is 12.4 Å². The molecule has 0 bridgehead atoms. The number of carbonyl (C=O) groups excluding carboxylic acids is 1. The summed E-state index contributed by atoms with van der Waals surface area (Å²) in [6.07, 6.45) is -2.21. The number of hydrogen-bond acceptors (Lipinski definition) is 3. The first-order valence-corrected chi connectivity index (χ1v) is 5.01. The van der Waals surface area contributed by atoms with Crippen molar-refractivity contribution in [2.45, 2.75) is 25.6 Å². The van der Waals surface area contributed by atoms with Crippen LogP contribution < -0.4 is 0 Å². The van der Waals surface area contributed by atoms with E-state index in [4.69, 9.17) is 4.74 Å². The number of ether oxygens (including phenoxy) is 1. The topological polar surface area (TPSA) is 44.1 Å². The molecule has 1 rings (SSSR count). The summed E-state index contributed by atoms with van der Waals surface area (Å²) in [5.41, 5.74) is -0.443. The molecule has 0 radical (unpaired) electrons. The quantitative estimate of drug-likeness (QED) is 0.753. The van der Waals surface area contributed by atoms with Crippen LogP contribution in [0.4, 0.5) is 13.2 Å². The Morgan fingerprint density at radius 1 is 1.59 bits per heavy atom. The second kappa shape index (κ2) is 5.31. The van der Waals surface area contributed by atoms with Gasteiger partial charge in [0.05, 0.1) is 17.8 Å². The second-order valence-corrected chi connectivity index (χ2v) is 3.67. The summed E-state index contributed by atoms with van der Waals surface area (Å²) in [7, 11) is 1.54. The van der Waals surface area contributed by atoms with E-state index in [9.17, 15) is 18.0 Å². The van der Waals surface area contributed by atoms with Crippen LogP contribution in [0.2, 0.25) is 0 Å². The van der Waals surface area contributed by atoms with E-state index in [1.807, 2.05) is 0 Å². The Hall–Kier alpha value is -1.37. The Kier molecular flexibility index (Phi) is 4.28. The first-order chi connectivity index (χ1) is 7.86. The molecule has 0 N–H and O–H groups in total. The molecule has 17 heavy (non-hydrogen) atoms. The van der Waals surface area contributed by atoms with Gasteiger partial charge < -0.3 is 4.74 Å². The SMILES string of the molecule is COCCC(C)n1cc(C(=O)C(F)(F)F)cn1. The number of hydrogen-bond donors (Lipinski definition) is 0. The van der Waals surface area contributed by atoms with Gasteiger partial charge in [0.1, 0.15) is 0 Å². The fourth-order valence-corrected chi connectivity index (χ4v) is 1.28. The zero-order chi connectivity index (χ0) is 13.1. The van der Waals surface area contributed by atoms with E-state index >= 15 is 0 Å². The van der Waals surface area contributed by atoms with Crippen LogP contribution in [-0.4, -0.2) is 35.5 Å². The molecule has 0 aliphatic carbocycles. The van der Waals surface area contributed by atoms with Gasteiger partial charge >= 0.3 is 6.18 Å². The van der Waals surface area contributed by atoms with Gasteiger partial charge in [-0.15, -0.1) is 0 Å². The third-order valence-electron chi connectivity index (χ3n) is 2.31. The van der Waals surface area contributed by atoms with Crippen molar-refractivity contribution in [1.82, 2.24) is 9.78 Å². The molecular formula is C10H13F3N2O2. The summed E-state index contributed by atoms with van der Waals surface area (Å²) >= 11 is 0. The summed E-state index contributed by atoms with van der Waals surface area (Å²) in [5.74, 6) is -1.87. The minimum absolute atomic E-state index is 0.121. The van der Waals surface area contributed by atoms with E-state index in [1.54, 1.807) is 6.92 Å². The lowest BCUT2D eigenvalue weighted by atomic mass is 10.2. The highest BCUT2D eigenvalue weighted by molar-refractivity contribution is 5.99. The molecule has 4 nitrogen and oxygen atoms in total. The number of aromatic nitrogens is 2. The maximum Gasteiger partial charge on any atom is 0.454 e. The standard InChI is InChI=1S/C10H13F3N2O2/c1-7(3-4-17-2)15-6-8(5-14-15)9(16)10(11,12)13/h5-7H,3-4H2,1-2H3. The summed E-state index contributed by atoms with van der Waals surface area (Å²) < 4.78 is 42.6. The summed E-state index contributed by atoms with van der Waals surface area (Å²) in [5, 5.41) is 3.74. The number of Topliss-reactive ketones (excluding diaryl/α,β-unsaturated/α-hetero) is 1. The van der Waals surface area contributed by atoms with Gasteiger partial charge in [-0.25, -0.2) is 0 Å². The average molecular weight is 250 g/mol. The molecule has 0 spiro atoms. The van der Waals surface area contributed by atoms with Gasteiger partial charge in [-0.1, -0.05) is 0 Å². The normalized spacial score (nSPS) is 13.7. The fraction of sp³-hybridized carbons (Fsp3) is 0.600. The van der Waals surface area contributed by atoms with E-state index in [2.05, 4.69) is 5.10 Å². The Bertz CT molecular complexity index is 387. The van der Waals surface area contributed by atoms with Crippen LogP contribution in [0.5, 0.6) is 0 Å². The molecule has 0 fully saturated rings. The lowest BCUT2D eigenvalue weighted by Crippen LogP contribution is -2.22. The summed E-state index contributed by atoms with van der Waals surface area (Å²) in [4.78, 5) is 10.9.